The van der Waals surface area contributed by atoms with E-state index in [1.807, 2.05) is 13.8 Å². The van der Waals surface area contributed by atoms with Gasteiger partial charge in [-0.3, -0.25) is 4.79 Å². The van der Waals surface area contributed by atoms with Crippen molar-refractivity contribution in [3.8, 4) is 0 Å². The molecule has 1 amide bonds. The van der Waals surface area contributed by atoms with E-state index in [0.29, 0.717) is 13.0 Å². The van der Waals surface area contributed by atoms with E-state index in [1.165, 1.54) is 4.90 Å². The highest BCUT2D eigenvalue weighted by Gasteiger charge is 2.36. The smallest absolute Gasteiger partial charge is 0.326 e. The summed E-state index contributed by atoms with van der Waals surface area (Å²) < 4.78 is 0. The van der Waals surface area contributed by atoms with Crippen molar-refractivity contribution in [3.05, 3.63) is 0 Å². The Balaban J connectivity index is 2.72. The van der Waals surface area contributed by atoms with Crippen molar-refractivity contribution in [2.75, 3.05) is 6.54 Å². The van der Waals surface area contributed by atoms with Crippen LogP contribution in [0.5, 0.6) is 0 Å². The van der Waals surface area contributed by atoms with E-state index in [2.05, 4.69) is 0 Å². The van der Waals surface area contributed by atoms with Gasteiger partial charge in [0.25, 0.3) is 0 Å². The first-order chi connectivity index (χ1) is 6.91. The number of likely N-dealkylation sites (tertiary alicyclic amines) is 1. The molecule has 0 spiro atoms. The second kappa shape index (κ2) is 4.61. The number of aliphatic carboxylic acids is 1. The van der Waals surface area contributed by atoms with E-state index in [1.54, 1.807) is 0 Å². The van der Waals surface area contributed by atoms with Gasteiger partial charge in [0.05, 0.1) is 0 Å². The topological polar surface area (TPSA) is 83.6 Å². The highest BCUT2D eigenvalue weighted by Crippen LogP contribution is 2.18. The van der Waals surface area contributed by atoms with Crippen LogP contribution in [-0.4, -0.2) is 40.5 Å². The summed E-state index contributed by atoms with van der Waals surface area (Å²) in [6.07, 6.45) is 0.746. The predicted molar refractivity (Wildman–Crippen MR) is 55.2 cm³/mol. The number of rotatable bonds is 4. The Bertz CT molecular complexity index is 265. The zero-order chi connectivity index (χ0) is 11.6. The Kier molecular flexibility index (Phi) is 3.68. The summed E-state index contributed by atoms with van der Waals surface area (Å²) >= 11 is 0. The molecule has 5 nitrogen and oxygen atoms in total. The summed E-state index contributed by atoms with van der Waals surface area (Å²) in [5.41, 5.74) is 5.63. The highest BCUT2D eigenvalue weighted by atomic mass is 16.4. The second-order valence-corrected chi connectivity index (χ2v) is 4.49. The lowest BCUT2D eigenvalue weighted by atomic mass is 10.0. The Morgan fingerprint density at radius 2 is 2.27 bits per heavy atom. The third-order valence-electron chi connectivity index (χ3n) is 2.54. The first-order valence-electron chi connectivity index (χ1n) is 5.19. The molecule has 0 aromatic rings. The molecule has 86 valence electrons. The number of carboxylic acids is 1. The van der Waals surface area contributed by atoms with Gasteiger partial charge in [-0.25, -0.2) is 4.79 Å². The lowest BCUT2D eigenvalue weighted by molar-refractivity contribution is -0.149. The first kappa shape index (κ1) is 12.0. The van der Waals surface area contributed by atoms with Crippen molar-refractivity contribution >= 4 is 11.9 Å². The zero-order valence-electron chi connectivity index (χ0n) is 9.14. The maximum absolute atomic E-state index is 11.5. The Hall–Kier alpha value is -1.10. The number of hydrogen-bond acceptors (Lipinski definition) is 3. The van der Waals surface area contributed by atoms with Crippen molar-refractivity contribution in [1.29, 1.82) is 0 Å². The fraction of sp³-hybridized carbons (Fsp3) is 0.800. The molecule has 1 aliphatic rings. The maximum atomic E-state index is 11.5. The number of carbonyl (C=O) groups is 2. The number of amides is 1. The van der Waals surface area contributed by atoms with Gasteiger partial charge >= 0.3 is 5.97 Å². The first-order valence-corrected chi connectivity index (χ1v) is 5.19. The van der Waals surface area contributed by atoms with E-state index in [0.717, 1.165) is 0 Å². The van der Waals surface area contributed by atoms with E-state index in [9.17, 15) is 9.59 Å². The molecule has 0 aromatic heterocycles. The van der Waals surface area contributed by atoms with Crippen LogP contribution in [0.4, 0.5) is 0 Å². The van der Waals surface area contributed by atoms with Gasteiger partial charge in [-0.2, -0.15) is 0 Å². The van der Waals surface area contributed by atoms with Gasteiger partial charge in [-0.1, -0.05) is 13.8 Å². The lowest BCUT2D eigenvalue weighted by Crippen LogP contribution is -2.43. The van der Waals surface area contributed by atoms with Gasteiger partial charge in [0.1, 0.15) is 6.04 Å². The average molecular weight is 214 g/mol. The summed E-state index contributed by atoms with van der Waals surface area (Å²) in [6, 6.07) is -0.933. The molecule has 5 heteroatoms. The van der Waals surface area contributed by atoms with Crippen LogP contribution in [-0.2, 0) is 9.59 Å². The van der Waals surface area contributed by atoms with Crippen molar-refractivity contribution in [3.63, 3.8) is 0 Å². The monoisotopic (exact) mass is 214 g/mol. The number of carboxylic acid groups (broad SMARTS) is 1. The molecule has 2 atom stereocenters. The highest BCUT2D eigenvalue weighted by molar-refractivity contribution is 5.85. The minimum Gasteiger partial charge on any atom is -0.480 e. The predicted octanol–water partition coefficient (Wildman–Crippen LogP) is 0.0453. The van der Waals surface area contributed by atoms with Crippen LogP contribution >= 0.6 is 0 Å². The second-order valence-electron chi connectivity index (χ2n) is 4.49. The molecule has 1 rings (SSSR count). The molecular weight excluding hydrogens is 196 g/mol. The van der Waals surface area contributed by atoms with E-state index < -0.39 is 12.0 Å². The van der Waals surface area contributed by atoms with Gasteiger partial charge in [0.2, 0.25) is 5.91 Å². The lowest BCUT2D eigenvalue weighted by Gasteiger charge is -2.25. The summed E-state index contributed by atoms with van der Waals surface area (Å²) in [5, 5.41) is 9.05. The van der Waals surface area contributed by atoms with Crippen LogP contribution in [0.25, 0.3) is 0 Å². The molecule has 1 heterocycles. The van der Waals surface area contributed by atoms with Crippen molar-refractivity contribution < 1.29 is 14.7 Å². The molecule has 0 aliphatic carbocycles. The van der Waals surface area contributed by atoms with Gasteiger partial charge in [-0.15, -0.1) is 0 Å². The third kappa shape index (κ3) is 2.92. The fourth-order valence-corrected chi connectivity index (χ4v) is 1.87. The quantitative estimate of drug-likeness (QED) is 0.692. The van der Waals surface area contributed by atoms with Crippen molar-refractivity contribution in [2.45, 2.75) is 38.8 Å². The molecule has 1 aliphatic heterocycles. The van der Waals surface area contributed by atoms with Crippen LogP contribution in [0, 0.1) is 5.92 Å². The van der Waals surface area contributed by atoms with E-state index in [4.69, 9.17) is 10.8 Å². The molecule has 3 N–H and O–H groups in total. The minimum atomic E-state index is -0.939. The maximum Gasteiger partial charge on any atom is 0.326 e. The molecule has 0 radical (unpaired) electrons. The third-order valence-corrected chi connectivity index (χ3v) is 2.54. The van der Waals surface area contributed by atoms with Crippen molar-refractivity contribution in [1.82, 2.24) is 4.90 Å². The SMILES string of the molecule is CC(C)CC(C(=O)O)N1CC(N)CC1=O. The Morgan fingerprint density at radius 3 is 2.60 bits per heavy atom. The minimum absolute atomic E-state index is 0.143. The van der Waals surface area contributed by atoms with Gasteiger partial charge < -0.3 is 15.7 Å². The molecule has 15 heavy (non-hydrogen) atoms. The summed E-state index contributed by atoms with van der Waals surface area (Å²) in [6.45, 7) is 4.25. The largest absolute Gasteiger partial charge is 0.480 e. The molecule has 1 saturated heterocycles. The number of hydrogen-bond donors (Lipinski definition) is 2. The number of nitrogens with two attached hydrogens (primary N) is 1. The van der Waals surface area contributed by atoms with E-state index >= 15 is 0 Å². The standard InChI is InChI=1S/C10H18N2O3/c1-6(2)3-8(10(14)15)12-5-7(11)4-9(12)13/h6-8H,3-5,11H2,1-2H3,(H,14,15). The average Bonchev–Trinajstić information content (AvgIpc) is 2.40. The zero-order valence-corrected chi connectivity index (χ0v) is 9.14. The van der Waals surface area contributed by atoms with Crippen LogP contribution in [0.15, 0.2) is 0 Å². The van der Waals surface area contributed by atoms with Crippen LogP contribution in [0.2, 0.25) is 0 Å². The summed E-state index contributed by atoms with van der Waals surface area (Å²) in [5.74, 6) is -0.836. The Labute approximate surface area is 89.2 Å². The number of nitrogens with zero attached hydrogens (tertiary/aromatic N) is 1. The van der Waals surface area contributed by atoms with Crippen LogP contribution in [0.3, 0.4) is 0 Å². The molecular formula is C10H18N2O3. The van der Waals surface area contributed by atoms with Gasteiger partial charge in [0, 0.05) is 19.0 Å². The van der Waals surface area contributed by atoms with Gasteiger partial charge in [-0.05, 0) is 12.3 Å². The Morgan fingerprint density at radius 1 is 1.67 bits per heavy atom. The van der Waals surface area contributed by atoms with E-state index in [-0.39, 0.29) is 24.3 Å². The van der Waals surface area contributed by atoms with Crippen LogP contribution in [0.1, 0.15) is 26.7 Å². The molecule has 2 unspecified atom stereocenters. The number of carbonyl (C=O) groups excluding carboxylic acids is 1. The normalized spacial score (nSPS) is 23.6. The van der Waals surface area contributed by atoms with Crippen LogP contribution < -0.4 is 5.73 Å². The fourth-order valence-electron chi connectivity index (χ4n) is 1.87. The summed E-state index contributed by atoms with van der Waals surface area (Å²) in [4.78, 5) is 23.9. The molecule has 1 fully saturated rings. The molecule has 0 bridgehead atoms. The molecule has 0 saturated carbocycles. The summed E-state index contributed by atoms with van der Waals surface area (Å²) in [7, 11) is 0. The van der Waals surface area contributed by atoms with Crippen molar-refractivity contribution in [2.24, 2.45) is 11.7 Å². The molecule has 0 aromatic carbocycles. The van der Waals surface area contributed by atoms with Gasteiger partial charge in [0.15, 0.2) is 0 Å².